The third-order valence-electron chi connectivity index (χ3n) is 3.24. The molecular weight excluding hydrogens is 302 g/mol. The van der Waals surface area contributed by atoms with E-state index < -0.39 is 5.91 Å². The van der Waals surface area contributed by atoms with Gasteiger partial charge in [-0.15, -0.1) is 0 Å². The highest BCUT2D eigenvalue weighted by atomic mass is 32.1. The van der Waals surface area contributed by atoms with Gasteiger partial charge in [0.1, 0.15) is 5.75 Å². The average molecular weight is 317 g/mol. The van der Waals surface area contributed by atoms with Crippen molar-refractivity contribution < 1.29 is 14.1 Å². The number of methoxy groups -OCH3 is 1. The van der Waals surface area contributed by atoms with Crippen molar-refractivity contribution in [3.05, 3.63) is 40.5 Å². The predicted molar refractivity (Wildman–Crippen MR) is 83.2 cm³/mol. The van der Waals surface area contributed by atoms with Crippen LogP contribution in [0.5, 0.6) is 5.75 Å². The Bertz CT molecular complexity index is 904. The number of aryl methyl sites for hydroxylation is 2. The predicted octanol–water partition coefficient (Wildman–Crippen LogP) is 2.77. The molecule has 0 fully saturated rings. The molecule has 0 saturated carbocycles. The van der Waals surface area contributed by atoms with E-state index in [2.05, 4.69) is 10.1 Å². The Kier molecular flexibility index (Phi) is 3.81. The molecule has 1 amide bonds. The minimum Gasteiger partial charge on any atom is -0.497 e. The number of thiazole rings is 1. The summed E-state index contributed by atoms with van der Waals surface area (Å²) in [5.74, 6) is 0.497. The molecule has 2 aromatic heterocycles. The molecule has 7 heteroatoms. The molecule has 0 bridgehead atoms. The Morgan fingerprint density at radius 2 is 2.27 bits per heavy atom. The number of aromatic nitrogens is 2. The standard InChI is InChI=1S/C15H15N3O3S/c1-4-18-11-6-5-10(20-3)8-13(11)22-15(18)16-14(19)12-7-9(2)17-21-12/h5-8H,4H2,1-3H3. The lowest BCUT2D eigenvalue weighted by atomic mass is 10.3. The summed E-state index contributed by atoms with van der Waals surface area (Å²) in [4.78, 5) is 17.0. The summed E-state index contributed by atoms with van der Waals surface area (Å²) in [6.07, 6.45) is 0. The molecule has 3 aromatic rings. The molecule has 0 aliphatic rings. The number of hydrogen-bond donors (Lipinski definition) is 0. The van der Waals surface area contributed by atoms with Gasteiger partial charge in [-0.05, 0) is 32.0 Å². The molecule has 0 aliphatic carbocycles. The van der Waals surface area contributed by atoms with E-state index in [-0.39, 0.29) is 5.76 Å². The minimum absolute atomic E-state index is 0.148. The number of amides is 1. The molecule has 0 aliphatic heterocycles. The zero-order valence-corrected chi connectivity index (χ0v) is 13.3. The smallest absolute Gasteiger partial charge is 0.318 e. The summed E-state index contributed by atoms with van der Waals surface area (Å²) in [6, 6.07) is 7.38. The van der Waals surface area contributed by atoms with Gasteiger partial charge < -0.3 is 13.8 Å². The van der Waals surface area contributed by atoms with Crippen molar-refractivity contribution in [2.24, 2.45) is 4.99 Å². The number of fused-ring (bicyclic) bond motifs is 1. The van der Waals surface area contributed by atoms with Crippen LogP contribution in [0.4, 0.5) is 0 Å². The molecule has 3 rings (SSSR count). The number of benzene rings is 1. The van der Waals surface area contributed by atoms with Crippen LogP contribution < -0.4 is 9.54 Å². The van der Waals surface area contributed by atoms with Crippen LogP contribution in [-0.2, 0) is 6.54 Å². The first-order chi connectivity index (χ1) is 10.6. The Labute approximate surface area is 130 Å². The summed E-state index contributed by atoms with van der Waals surface area (Å²) in [7, 11) is 1.63. The number of carbonyl (C=O) groups is 1. The maximum Gasteiger partial charge on any atom is 0.318 e. The molecule has 114 valence electrons. The van der Waals surface area contributed by atoms with Gasteiger partial charge in [-0.1, -0.05) is 16.5 Å². The van der Waals surface area contributed by atoms with Crippen molar-refractivity contribution in [3.63, 3.8) is 0 Å². The molecule has 0 N–H and O–H groups in total. The number of rotatable bonds is 3. The van der Waals surface area contributed by atoms with E-state index in [4.69, 9.17) is 9.26 Å². The van der Waals surface area contributed by atoms with Crippen LogP contribution >= 0.6 is 11.3 Å². The van der Waals surface area contributed by atoms with E-state index in [0.717, 1.165) is 16.0 Å². The first-order valence-corrected chi connectivity index (χ1v) is 7.63. The van der Waals surface area contributed by atoms with Gasteiger partial charge in [-0.3, -0.25) is 4.79 Å². The van der Waals surface area contributed by atoms with Crippen molar-refractivity contribution in [2.75, 3.05) is 7.11 Å². The Balaban J connectivity index is 2.13. The van der Waals surface area contributed by atoms with Crippen molar-refractivity contribution in [2.45, 2.75) is 20.4 Å². The van der Waals surface area contributed by atoms with E-state index in [1.54, 1.807) is 20.1 Å². The normalized spacial score (nSPS) is 12.0. The second-order valence-electron chi connectivity index (χ2n) is 4.71. The molecule has 0 radical (unpaired) electrons. The number of nitrogens with zero attached hydrogens (tertiary/aromatic N) is 3. The second-order valence-corrected chi connectivity index (χ2v) is 5.72. The molecule has 2 heterocycles. The van der Waals surface area contributed by atoms with E-state index >= 15 is 0 Å². The number of hydrogen-bond acceptors (Lipinski definition) is 5. The van der Waals surface area contributed by atoms with E-state index in [9.17, 15) is 4.79 Å². The van der Waals surface area contributed by atoms with E-state index in [1.807, 2.05) is 29.7 Å². The third kappa shape index (κ3) is 2.55. The lowest BCUT2D eigenvalue weighted by Gasteiger charge is -2.01. The quantitative estimate of drug-likeness (QED) is 0.745. The fraction of sp³-hybridized carbons (Fsp3) is 0.267. The van der Waals surface area contributed by atoms with Gasteiger partial charge in [0.2, 0.25) is 5.76 Å². The van der Waals surface area contributed by atoms with Gasteiger partial charge in [-0.25, -0.2) is 0 Å². The average Bonchev–Trinajstić information content (AvgIpc) is 3.09. The Morgan fingerprint density at radius 1 is 1.45 bits per heavy atom. The lowest BCUT2D eigenvalue weighted by Crippen LogP contribution is -2.15. The maximum absolute atomic E-state index is 12.2. The van der Waals surface area contributed by atoms with Crippen molar-refractivity contribution in [1.29, 1.82) is 0 Å². The molecule has 0 atom stereocenters. The van der Waals surface area contributed by atoms with Gasteiger partial charge in [0.05, 0.1) is 23.0 Å². The van der Waals surface area contributed by atoms with Crippen molar-refractivity contribution in [3.8, 4) is 5.75 Å². The summed E-state index contributed by atoms with van der Waals surface area (Å²) in [6.45, 7) is 4.49. The van der Waals surface area contributed by atoms with Gasteiger partial charge in [0.25, 0.3) is 0 Å². The molecule has 0 spiro atoms. The van der Waals surface area contributed by atoms with Crippen LogP contribution in [0.1, 0.15) is 23.2 Å². The Morgan fingerprint density at radius 3 is 2.91 bits per heavy atom. The fourth-order valence-electron chi connectivity index (χ4n) is 2.18. The molecule has 22 heavy (non-hydrogen) atoms. The molecule has 0 unspecified atom stereocenters. The van der Waals surface area contributed by atoms with E-state index in [1.165, 1.54) is 11.3 Å². The summed E-state index contributed by atoms with van der Waals surface area (Å²) in [5, 5.41) is 3.71. The highest BCUT2D eigenvalue weighted by Crippen LogP contribution is 2.23. The third-order valence-corrected chi connectivity index (χ3v) is 4.28. The van der Waals surface area contributed by atoms with Crippen LogP contribution in [0, 0.1) is 6.92 Å². The zero-order valence-electron chi connectivity index (χ0n) is 12.5. The molecule has 6 nitrogen and oxygen atoms in total. The fourth-order valence-corrected chi connectivity index (χ4v) is 3.30. The molecule has 1 aromatic carbocycles. The summed E-state index contributed by atoms with van der Waals surface area (Å²) < 4.78 is 13.2. The Hall–Kier alpha value is -2.41. The van der Waals surface area contributed by atoms with Crippen LogP contribution in [0.25, 0.3) is 10.2 Å². The largest absolute Gasteiger partial charge is 0.497 e. The minimum atomic E-state index is -0.429. The molecular formula is C15H15N3O3S. The van der Waals surface area contributed by atoms with Gasteiger partial charge in [0.15, 0.2) is 4.80 Å². The monoisotopic (exact) mass is 317 g/mol. The maximum atomic E-state index is 12.2. The lowest BCUT2D eigenvalue weighted by molar-refractivity contribution is 0.0962. The molecule has 0 saturated heterocycles. The number of ether oxygens (including phenoxy) is 1. The zero-order chi connectivity index (χ0) is 15.7. The second kappa shape index (κ2) is 5.76. The van der Waals surface area contributed by atoms with Crippen LogP contribution in [0.2, 0.25) is 0 Å². The topological polar surface area (TPSA) is 69.6 Å². The van der Waals surface area contributed by atoms with Crippen LogP contribution in [0.3, 0.4) is 0 Å². The SMILES string of the molecule is CCn1c(=NC(=O)c2cc(C)no2)sc2cc(OC)ccc21. The van der Waals surface area contributed by atoms with Gasteiger partial charge >= 0.3 is 5.91 Å². The van der Waals surface area contributed by atoms with Gasteiger partial charge in [-0.2, -0.15) is 4.99 Å². The highest BCUT2D eigenvalue weighted by molar-refractivity contribution is 7.16. The van der Waals surface area contributed by atoms with Crippen LogP contribution in [-0.4, -0.2) is 22.7 Å². The highest BCUT2D eigenvalue weighted by Gasteiger charge is 2.12. The summed E-state index contributed by atoms with van der Waals surface area (Å²) in [5.41, 5.74) is 1.68. The van der Waals surface area contributed by atoms with Gasteiger partial charge in [0, 0.05) is 12.6 Å². The summed E-state index contributed by atoms with van der Waals surface area (Å²) >= 11 is 1.44. The van der Waals surface area contributed by atoms with Crippen LogP contribution in [0.15, 0.2) is 33.8 Å². The van der Waals surface area contributed by atoms with E-state index in [0.29, 0.717) is 17.0 Å². The first-order valence-electron chi connectivity index (χ1n) is 6.82. The first kappa shape index (κ1) is 14.5. The number of carbonyl (C=O) groups excluding carboxylic acids is 1. The van der Waals surface area contributed by atoms with Crippen molar-refractivity contribution in [1.82, 2.24) is 9.72 Å². The van der Waals surface area contributed by atoms with Crippen molar-refractivity contribution >= 4 is 27.5 Å².